The van der Waals surface area contributed by atoms with Crippen LogP contribution in [0.15, 0.2) is 0 Å². The molecule has 0 aromatic rings. The molecule has 0 aromatic carbocycles. The summed E-state index contributed by atoms with van der Waals surface area (Å²) < 4.78 is 5.36. The van der Waals surface area contributed by atoms with E-state index in [4.69, 9.17) is 14.9 Å². The summed E-state index contributed by atoms with van der Waals surface area (Å²) >= 11 is 0. The molecule has 3 nitrogen and oxygen atoms in total. The molecule has 0 spiro atoms. The number of hydrogen-bond donors (Lipinski definition) is 2. The molecule has 3 heteroatoms. The molecule has 0 aliphatic heterocycles. The normalized spacial score (nSPS) is 19.0. The van der Waals surface area contributed by atoms with E-state index in [1.165, 1.54) is 64.2 Å². The van der Waals surface area contributed by atoms with Gasteiger partial charge in [-0.25, -0.2) is 0 Å². The third-order valence-electron chi connectivity index (χ3n) is 5.10. The van der Waals surface area contributed by atoms with Gasteiger partial charge in [0.15, 0.2) is 0 Å². The number of unbranched alkanes of at least 4 members (excludes halogenated alkanes) is 9. The third-order valence-corrected chi connectivity index (χ3v) is 5.10. The molecule has 1 fully saturated rings. The van der Waals surface area contributed by atoms with Crippen molar-refractivity contribution in [1.29, 1.82) is 0 Å². The van der Waals surface area contributed by atoms with Crippen molar-refractivity contribution in [3.05, 3.63) is 0 Å². The molecule has 0 unspecified atom stereocenters. The molecule has 2 atom stereocenters. The second-order valence-corrected chi connectivity index (χ2v) is 7.50. The summed E-state index contributed by atoms with van der Waals surface area (Å²) in [5, 5.41) is 17.8. The van der Waals surface area contributed by atoms with Gasteiger partial charge < -0.3 is 14.9 Å². The van der Waals surface area contributed by atoms with E-state index in [-0.39, 0.29) is 13.2 Å². The van der Waals surface area contributed by atoms with Gasteiger partial charge in [-0.05, 0) is 31.6 Å². The zero-order valence-electron chi connectivity index (χ0n) is 16.3. The molecule has 0 saturated heterocycles. The van der Waals surface area contributed by atoms with Crippen molar-refractivity contribution in [2.24, 2.45) is 11.8 Å². The molecule has 0 heterocycles. The average molecular weight is 353 g/mol. The van der Waals surface area contributed by atoms with Crippen molar-refractivity contribution in [2.75, 3.05) is 19.8 Å². The van der Waals surface area contributed by atoms with E-state index in [0.29, 0.717) is 6.61 Å². The van der Waals surface area contributed by atoms with E-state index in [1.807, 2.05) is 0 Å². The highest BCUT2D eigenvalue weighted by atomic mass is 16.5. The molecule has 0 amide bonds. The van der Waals surface area contributed by atoms with Crippen LogP contribution < -0.4 is 0 Å². The van der Waals surface area contributed by atoms with Gasteiger partial charge in [0.2, 0.25) is 0 Å². The maximum absolute atomic E-state index is 8.88. The molecule has 146 valence electrons. The predicted octanol–water partition coefficient (Wildman–Crippen LogP) is 4.70. The van der Waals surface area contributed by atoms with Crippen LogP contribution in [0.25, 0.3) is 0 Å². The van der Waals surface area contributed by atoms with Crippen molar-refractivity contribution < 1.29 is 14.9 Å². The fourth-order valence-corrected chi connectivity index (χ4v) is 3.22. The average Bonchev–Trinajstić information content (AvgIpc) is 3.38. The fourth-order valence-electron chi connectivity index (χ4n) is 3.22. The van der Waals surface area contributed by atoms with E-state index < -0.39 is 6.10 Å². The van der Waals surface area contributed by atoms with Crippen LogP contribution in [0.3, 0.4) is 0 Å². The predicted molar refractivity (Wildman–Crippen MR) is 104 cm³/mol. The molecular weight excluding hydrogens is 312 g/mol. The second-order valence-electron chi connectivity index (χ2n) is 7.50. The van der Waals surface area contributed by atoms with Crippen molar-refractivity contribution >= 4 is 0 Å². The van der Waals surface area contributed by atoms with Gasteiger partial charge >= 0.3 is 0 Å². The van der Waals surface area contributed by atoms with Crippen molar-refractivity contribution in [2.45, 2.75) is 96.5 Å². The van der Waals surface area contributed by atoms with Gasteiger partial charge in [0.05, 0.1) is 13.2 Å². The largest absolute Gasteiger partial charge is 0.394 e. The summed E-state index contributed by atoms with van der Waals surface area (Å²) in [5.74, 6) is 8.52. The lowest BCUT2D eigenvalue weighted by Crippen LogP contribution is -2.22. The van der Waals surface area contributed by atoms with Crippen molar-refractivity contribution in [1.82, 2.24) is 0 Å². The van der Waals surface area contributed by atoms with Crippen LogP contribution in [0.2, 0.25) is 0 Å². The van der Waals surface area contributed by atoms with Crippen LogP contribution in [-0.4, -0.2) is 36.1 Å². The number of aliphatic hydroxyl groups is 2. The minimum atomic E-state index is -0.402. The first kappa shape index (κ1) is 22.5. The topological polar surface area (TPSA) is 49.7 Å². The summed E-state index contributed by atoms with van der Waals surface area (Å²) in [4.78, 5) is 0. The Morgan fingerprint density at radius 2 is 1.60 bits per heavy atom. The highest BCUT2D eigenvalue weighted by molar-refractivity contribution is 5.12. The van der Waals surface area contributed by atoms with Gasteiger partial charge in [0, 0.05) is 18.9 Å². The van der Waals surface area contributed by atoms with Crippen LogP contribution in [0.5, 0.6) is 0 Å². The van der Waals surface area contributed by atoms with Crippen molar-refractivity contribution in [3.8, 4) is 11.8 Å². The maximum Gasteiger partial charge on any atom is 0.104 e. The Bertz CT molecular complexity index is 354. The van der Waals surface area contributed by atoms with E-state index in [0.717, 1.165) is 31.1 Å². The first-order chi connectivity index (χ1) is 12.3. The monoisotopic (exact) mass is 352 g/mol. The second kappa shape index (κ2) is 15.7. The molecule has 0 radical (unpaired) electrons. The zero-order chi connectivity index (χ0) is 18.2. The molecule has 25 heavy (non-hydrogen) atoms. The Morgan fingerprint density at radius 1 is 0.920 bits per heavy atom. The number of hydrogen-bond acceptors (Lipinski definition) is 3. The Balaban J connectivity index is 1.81. The Morgan fingerprint density at radius 3 is 2.32 bits per heavy atom. The summed E-state index contributed by atoms with van der Waals surface area (Å²) in [6.07, 6.45) is 16.1. The Hall–Kier alpha value is -0.560. The van der Waals surface area contributed by atoms with Gasteiger partial charge in [-0.15, -0.1) is 5.92 Å². The Labute approximate surface area is 155 Å². The molecule has 0 aromatic heterocycles. The highest BCUT2D eigenvalue weighted by Crippen LogP contribution is 2.41. The minimum Gasteiger partial charge on any atom is -0.394 e. The van der Waals surface area contributed by atoms with E-state index in [1.54, 1.807) is 0 Å². The first-order valence-electron chi connectivity index (χ1n) is 10.6. The van der Waals surface area contributed by atoms with Gasteiger partial charge in [-0.3, -0.25) is 0 Å². The molecule has 2 N–H and O–H groups in total. The smallest absolute Gasteiger partial charge is 0.104 e. The SMILES string of the molecule is CCCCCC[C@H]1C[C@H]1C#CCCCCCCCCOC(CO)CO. The molecule has 0 bridgehead atoms. The summed E-state index contributed by atoms with van der Waals surface area (Å²) in [7, 11) is 0. The van der Waals surface area contributed by atoms with Crippen LogP contribution in [0.1, 0.15) is 90.4 Å². The molecule has 1 aliphatic carbocycles. The number of aliphatic hydroxyl groups excluding tert-OH is 2. The molecular formula is C22H40O3. The Kier molecular flexibility index (Phi) is 14.1. The van der Waals surface area contributed by atoms with Gasteiger partial charge in [-0.1, -0.05) is 64.2 Å². The maximum atomic E-state index is 8.88. The lowest BCUT2D eigenvalue weighted by molar-refractivity contribution is -0.0208. The number of ether oxygens (including phenoxy) is 1. The lowest BCUT2D eigenvalue weighted by Gasteiger charge is -2.11. The molecule has 1 aliphatic rings. The van der Waals surface area contributed by atoms with E-state index in [9.17, 15) is 0 Å². The van der Waals surface area contributed by atoms with Crippen LogP contribution >= 0.6 is 0 Å². The van der Waals surface area contributed by atoms with Crippen LogP contribution in [0, 0.1) is 23.7 Å². The van der Waals surface area contributed by atoms with Gasteiger partial charge in [-0.2, -0.15) is 0 Å². The summed E-state index contributed by atoms with van der Waals surface area (Å²) in [6.45, 7) is 2.71. The quantitative estimate of drug-likeness (QED) is 0.313. The third kappa shape index (κ3) is 12.4. The standard InChI is InChI=1S/C22H40O3/c1-2-3-4-11-14-20-17-21(20)15-12-9-7-5-6-8-10-13-16-25-22(18-23)19-24/h20-24H,2-11,13-14,16-19H2,1H3/t20-,21+/m0/s1. The number of rotatable bonds is 16. The molecule has 1 saturated carbocycles. The van der Waals surface area contributed by atoms with E-state index in [2.05, 4.69) is 18.8 Å². The minimum absolute atomic E-state index is 0.0992. The summed E-state index contributed by atoms with van der Waals surface area (Å²) in [5.41, 5.74) is 0. The molecule has 1 rings (SSSR count). The summed E-state index contributed by atoms with van der Waals surface area (Å²) in [6, 6.07) is 0. The zero-order valence-corrected chi connectivity index (χ0v) is 16.3. The van der Waals surface area contributed by atoms with Crippen LogP contribution in [-0.2, 0) is 4.74 Å². The highest BCUT2D eigenvalue weighted by Gasteiger charge is 2.34. The first-order valence-corrected chi connectivity index (χ1v) is 10.6. The van der Waals surface area contributed by atoms with Gasteiger partial charge in [0.1, 0.15) is 6.10 Å². The lowest BCUT2D eigenvalue weighted by atomic mass is 10.1. The van der Waals surface area contributed by atoms with E-state index >= 15 is 0 Å². The van der Waals surface area contributed by atoms with Crippen molar-refractivity contribution in [3.63, 3.8) is 0 Å². The van der Waals surface area contributed by atoms with Gasteiger partial charge in [0.25, 0.3) is 0 Å². The van der Waals surface area contributed by atoms with Crippen LogP contribution in [0.4, 0.5) is 0 Å². The fraction of sp³-hybridized carbons (Fsp3) is 0.909.